The molecule has 2 aromatic heterocycles. The zero-order chi connectivity index (χ0) is 23.7. The molecule has 0 saturated carbocycles. The van der Waals surface area contributed by atoms with Gasteiger partial charge in [-0.3, -0.25) is 8.98 Å². The average Bonchev–Trinajstić information content (AvgIpc) is 3.04. The summed E-state index contributed by atoms with van der Waals surface area (Å²) in [5, 5.41) is 7.94. The van der Waals surface area contributed by atoms with Gasteiger partial charge in [-0.1, -0.05) is 5.21 Å². The molecule has 0 spiro atoms. The van der Waals surface area contributed by atoms with Crippen LogP contribution in [0, 0.1) is 12.8 Å². The number of carbonyl (C=O) groups excluding carboxylic acids is 1. The quantitative estimate of drug-likeness (QED) is 0.437. The minimum atomic E-state index is -3.67. The van der Waals surface area contributed by atoms with Gasteiger partial charge in [0.25, 0.3) is 16.0 Å². The third-order valence-corrected chi connectivity index (χ3v) is 5.71. The summed E-state index contributed by atoms with van der Waals surface area (Å²) in [6.07, 6.45) is 0.471. The van der Waals surface area contributed by atoms with E-state index in [9.17, 15) is 22.0 Å². The highest BCUT2D eigenvalue weighted by molar-refractivity contribution is 7.85. The maximum absolute atomic E-state index is 14.4. The lowest BCUT2D eigenvalue weighted by molar-refractivity contribution is -0.142. The van der Waals surface area contributed by atoms with Crippen molar-refractivity contribution in [3.05, 3.63) is 23.5 Å². The Balaban J connectivity index is 1.86. The number of ether oxygens (including phenoxy) is 1. The summed E-state index contributed by atoms with van der Waals surface area (Å²) in [4.78, 5) is 17.6. The van der Waals surface area contributed by atoms with Crippen molar-refractivity contribution in [2.75, 3.05) is 31.4 Å². The van der Waals surface area contributed by atoms with Gasteiger partial charge in [-0.15, -0.1) is 5.10 Å². The number of methoxy groups -OCH3 is 1. The van der Waals surface area contributed by atoms with Crippen molar-refractivity contribution in [3.8, 4) is 11.4 Å². The zero-order valence-electron chi connectivity index (χ0n) is 18.2. The van der Waals surface area contributed by atoms with Crippen molar-refractivity contribution in [2.24, 2.45) is 13.0 Å². The zero-order valence-corrected chi connectivity index (χ0v) is 19.0. The van der Waals surface area contributed by atoms with Gasteiger partial charge < -0.3 is 9.64 Å². The van der Waals surface area contributed by atoms with Gasteiger partial charge in [0.2, 0.25) is 0 Å². The number of aromatic nitrogens is 4. The largest absolute Gasteiger partial charge is 0.469 e. The van der Waals surface area contributed by atoms with Gasteiger partial charge in [-0.25, -0.2) is 18.4 Å². The van der Waals surface area contributed by atoms with Crippen molar-refractivity contribution in [1.29, 1.82) is 0 Å². The Morgan fingerprint density at radius 2 is 2.06 bits per heavy atom. The van der Waals surface area contributed by atoms with E-state index in [0.29, 0.717) is 28.5 Å². The summed E-state index contributed by atoms with van der Waals surface area (Å²) in [6.45, 7) is 1.20. The Morgan fingerprint density at radius 3 is 2.69 bits per heavy atom. The van der Waals surface area contributed by atoms with Crippen LogP contribution in [0.25, 0.3) is 11.4 Å². The maximum Gasteiger partial charge on any atom is 0.305 e. The molecule has 1 fully saturated rings. The van der Waals surface area contributed by atoms with E-state index in [1.807, 2.05) is 0 Å². The minimum absolute atomic E-state index is 0.0869. The smallest absolute Gasteiger partial charge is 0.305 e. The second-order valence-electron chi connectivity index (χ2n) is 7.86. The second-order valence-corrected chi connectivity index (χ2v) is 9.51. The number of aryl methyl sites for hydroxylation is 2. The first kappa shape index (κ1) is 24.0. The molecule has 1 aliphatic heterocycles. The van der Waals surface area contributed by atoms with Crippen LogP contribution in [0.1, 0.15) is 24.2 Å². The number of anilines is 1. The molecular formula is C19H25F2N5O5S. The van der Waals surface area contributed by atoms with Crippen LogP contribution in [0.15, 0.2) is 12.1 Å². The number of halogens is 2. The predicted octanol–water partition coefficient (Wildman–Crippen LogP) is 1.69. The lowest BCUT2D eigenvalue weighted by atomic mass is 9.91. The summed E-state index contributed by atoms with van der Waals surface area (Å²) in [5.41, 5.74) is 2.14. The van der Waals surface area contributed by atoms with Crippen molar-refractivity contribution in [2.45, 2.75) is 32.3 Å². The van der Waals surface area contributed by atoms with Crippen molar-refractivity contribution < 1.29 is 30.9 Å². The fourth-order valence-electron chi connectivity index (χ4n) is 3.77. The molecule has 0 aliphatic carbocycles. The fraction of sp³-hybridized carbons (Fsp3) is 0.579. The van der Waals surface area contributed by atoms with Crippen LogP contribution in [0.5, 0.6) is 0 Å². The minimum Gasteiger partial charge on any atom is -0.469 e. The van der Waals surface area contributed by atoms with E-state index in [1.54, 1.807) is 26.1 Å². The first-order valence-electron chi connectivity index (χ1n) is 9.79. The first-order chi connectivity index (χ1) is 14.9. The van der Waals surface area contributed by atoms with E-state index >= 15 is 0 Å². The van der Waals surface area contributed by atoms with Gasteiger partial charge >= 0.3 is 5.97 Å². The Kier molecular flexibility index (Phi) is 6.79. The molecular weight excluding hydrogens is 448 g/mol. The van der Waals surface area contributed by atoms with Gasteiger partial charge in [0, 0.05) is 20.0 Å². The fourth-order valence-corrected chi connectivity index (χ4v) is 4.09. The SMILES string of the molecule is COC(=O)CC1CN(c2ccc(-c3nnn(C)c3COS(C)(=O)=O)nc2C)CC(F)(F)C1. The molecule has 1 atom stereocenters. The summed E-state index contributed by atoms with van der Waals surface area (Å²) in [7, 11) is -0.847. The standard InChI is InChI=1S/C19H25F2N5O5S/c1-12-15(26-9-13(7-17(27)30-3)8-19(20,21)11-26)6-5-14(22-12)18-16(25(2)24-23-18)10-31-32(4,28)29/h5-6,13H,7-11H2,1-4H3. The molecule has 2 aromatic rings. The van der Waals surface area contributed by atoms with Gasteiger partial charge in [-0.2, -0.15) is 8.42 Å². The van der Waals surface area contributed by atoms with Gasteiger partial charge in [0.15, 0.2) is 0 Å². The Hall–Kier alpha value is -2.67. The molecule has 13 heteroatoms. The number of carbonyl (C=O) groups is 1. The Labute approximate surface area is 184 Å². The van der Waals surface area contributed by atoms with Crippen LogP contribution in [-0.4, -0.2) is 66.7 Å². The molecule has 0 radical (unpaired) electrons. The van der Waals surface area contributed by atoms with Crippen LogP contribution in [0.4, 0.5) is 14.5 Å². The van der Waals surface area contributed by atoms with Gasteiger partial charge in [0.1, 0.15) is 12.3 Å². The summed E-state index contributed by atoms with van der Waals surface area (Å²) in [5.74, 6) is -4.03. The molecule has 0 N–H and O–H groups in total. The molecule has 3 rings (SSSR count). The number of hydrogen-bond acceptors (Lipinski definition) is 9. The highest BCUT2D eigenvalue weighted by Gasteiger charge is 2.41. The predicted molar refractivity (Wildman–Crippen MR) is 111 cm³/mol. The highest BCUT2D eigenvalue weighted by Crippen LogP contribution is 2.36. The van der Waals surface area contributed by atoms with E-state index in [2.05, 4.69) is 20.0 Å². The lowest BCUT2D eigenvalue weighted by Crippen LogP contribution is -2.48. The van der Waals surface area contributed by atoms with Crippen LogP contribution in [-0.2, 0) is 37.5 Å². The maximum atomic E-state index is 14.4. The molecule has 3 heterocycles. The lowest BCUT2D eigenvalue weighted by Gasteiger charge is -2.39. The number of alkyl halides is 2. The van der Waals surface area contributed by atoms with E-state index < -0.39 is 34.5 Å². The first-order valence-corrected chi connectivity index (χ1v) is 11.6. The van der Waals surface area contributed by atoms with Crippen LogP contribution >= 0.6 is 0 Å². The van der Waals surface area contributed by atoms with Crippen LogP contribution in [0.3, 0.4) is 0 Å². The van der Waals surface area contributed by atoms with Crippen molar-refractivity contribution in [3.63, 3.8) is 0 Å². The third kappa shape index (κ3) is 5.76. The second kappa shape index (κ2) is 9.06. The van der Waals surface area contributed by atoms with E-state index in [4.69, 9.17) is 4.18 Å². The number of rotatable bonds is 7. The average molecular weight is 474 g/mol. The molecule has 10 nitrogen and oxygen atoms in total. The summed E-state index contributed by atoms with van der Waals surface area (Å²) in [6, 6.07) is 3.27. The number of hydrogen-bond donors (Lipinski definition) is 0. The van der Waals surface area contributed by atoms with E-state index in [-0.39, 0.29) is 26.0 Å². The number of piperidine rings is 1. The molecule has 0 amide bonds. The van der Waals surface area contributed by atoms with Crippen molar-refractivity contribution in [1.82, 2.24) is 20.0 Å². The topological polar surface area (TPSA) is 117 Å². The molecule has 0 bridgehead atoms. The molecule has 1 unspecified atom stereocenters. The summed E-state index contributed by atoms with van der Waals surface area (Å²) >= 11 is 0. The van der Waals surface area contributed by atoms with Gasteiger partial charge in [-0.05, 0) is 25.0 Å². The monoisotopic (exact) mass is 473 g/mol. The van der Waals surface area contributed by atoms with Crippen LogP contribution < -0.4 is 4.90 Å². The summed E-state index contributed by atoms with van der Waals surface area (Å²) < 4.78 is 62.3. The number of nitrogens with zero attached hydrogens (tertiary/aromatic N) is 5. The Bertz CT molecular complexity index is 1110. The van der Waals surface area contributed by atoms with E-state index in [0.717, 1.165) is 6.26 Å². The van der Waals surface area contributed by atoms with Crippen LogP contribution in [0.2, 0.25) is 0 Å². The van der Waals surface area contributed by atoms with Gasteiger partial charge in [0.05, 0.1) is 49.1 Å². The molecule has 0 aromatic carbocycles. The molecule has 32 heavy (non-hydrogen) atoms. The highest BCUT2D eigenvalue weighted by atomic mass is 32.2. The molecule has 1 aliphatic rings. The third-order valence-electron chi connectivity index (χ3n) is 5.16. The number of pyridine rings is 1. The number of esters is 1. The molecule has 176 valence electrons. The Morgan fingerprint density at radius 1 is 1.34 bits per heavy atom. The molecule has 1 saturated heterocycles. The van der Waals surface area contributed by atoms with E-state index in [1.165, 1.54) is 16.7 Å². The normalized spacial score (nSPS) is 18.6. The van der Waals surface area contributed by atoms with Crippen molar-refractivity contribution >= 4 is 21.8 Å².